The van der Waals surface area contributed by atoms with Gasteiger partial charge in [0.25, 0.3) is 10.1 Å². The molecule has 20 heavy (non-hydrogen) atoms. The van der Waals surface area contributed by atoms with E-state index in [4.69, 9.17) is 0 Å². The van der Waals surface area contributed by atoms with Crippen molar-refractivity contribution in [2.24, 2.45) is 0 Å². The highest BCUT2D eigenvalue weighted by Crippen LogP contribution is 2.32. The zero-order valence-electron chi connectivity index (χ0n) is 10.6. The Kier molecular flexibility index (Phi) is 5.45. The highest BCUT2D eigenvalue weighted by Gasteiger charge is 2.28. The molecular formula is C11H12F4O3S2. The molecule has 114 valence electrons. The number of hydrogen-bond donors (Lipinski definition) is 0. The molecule has 0 spiro atoms. The summed E-state index contributed by atoms with van der Waals surface area (Å²) < 4.78 is 76.6. The van der Waals surface area contributed by atoms with Crippen LogP contribution in [0.5, 0.6) is 0 Å². The fourth-order valence-electron chi connectivity index (χ4n) is 1.31. The van der Waals surface area contributed by atoms with E-state index < -0.39 is 34.5 Å². The Morgan fingerprint density at radius 2 is 1.90 bits per heavy atom. The molecule has 0 aliphatic carbocycles. The first-order valence-electron chi connectivity index (χ1n) is 5.31. The summed E-state index contributed by atoms with van der Waals surface area (Å²) in [6, 6.07) is 2.70. The number of alkyl halides is 3. The Morgan fingerprint density at radius 1 is 1.30 bits per heavy atom. The molecule has 0 unspecified atom stereocenters. The third-order valence-corrected chi connectivity index (χ3v) is 3.99. The van der Waals surface area contributed by atoms with Gasteiger partial charge in [0.05, 0.1) is 18.6 Å². The van der Waals surface area contributed by atoms with E-state index in [-0.39, 0.29) is 10.5 Å². The number of hydrogen-bond acceptors (Lipinski definition) is 4. The molecular weight excluding hydrogens is 320 g/mol. The van der Waals surface area contributed by atoms with Gasteiger partial charge in [-0.2, -0.15) is 21.6 Å². The summed E-state index contributed by atoms with van der Waals surface area (Å²) in [5.41, 5.74) is 0.241. The van der Waals surface area contributed by atoms with Crippen LogP contribution >= 0.6 is 11.8 Å². The maximum Gasteiger partial charge on any atom is 0.398 e. The summed E-state index contributed by atoms with van der Waals surface area (Å²) in [4.78, 5) is -0.156. The van der Waals surface area contributed by atoms with E-state index in [0.29, 0.717) is 17.3 Å². The van der Waals surface area contributed by atoms with Gasteiger partial charge in [-0.05, 0) is 12.5 Å². The van der Waals surface area contributed by atoms with Crippen LogP contribution in [-0.2, 0) is 20.9 Å². The van der Waals surface area contributed by atoms with Crippen molar-refractivity contribution in [3.63, 3.8) is 0 Å². The van der Waals surface area contributed by atoms with E-state index in [9.17, 15) is 26.0 Å². The number of aryl methyl sites for hydroxylation is 1. The van der Waals surface area contributed by atoms with Crippen LogP contribution in [0.4, 0.5) is 17.6 Å². The molecule has 0 aromatic heterocycles. The zero-order chi connectivity index (χ0) is 15.6. The van der Waals surface area contributed by atoms with Gasteiger partial charge >= 0.3 is 6.18 Å². The molecule has 1 aromatic rings. The lowest BCUT2D eigenvalue weighted by Crippen LogP contribution is -2.11. The van der Waals surface area contributed by atoms with Crippen LogP contribution < -0.4 is 0 Å². The molecule has 0 aliphatic rings. The highest BCUT2D eigenvalue weighted by atomic mass is 32.2. The maximum atomic E-state index is 14.0. The van der Waals surface area contributed by atoms with Gasteiger partial charge in [0.2, 0.25) is 0 Å². The minimum absolute atomic E-state index is 0.106. The quantitative estimate of drug-likeness (QED) is 0.472. The Hall–Kier alpha value is -0.800. The molecule has 0 aliphatic heterocycles. The standard InChI is InChI=1S/C11H12F4O3S2/c1-7-3-4-8(5-18-20(2,16)17)9(12)10(7)19-6-11(13,14)15/h3-4H,5-6H2,1-2H3. The molecule has 0 N–H and O–H groups in total. The fourth-order valence-corrected chi connectivity index (χ4v) is 2.51. The van der Waals surface area contributed by atoms with Crippen molar-refractivity contribution in [1.82, 2.24) is 0 Å². The molecule has 0 heterocycles. The molecule has 1 rings (SSSR count). The van der Waals surface area contributed by atoms with Gasteiger partial charge in [-0.15, -0.1) is 11.8 Å². The largest absolute Gasteiger partial charge is 0.398 e. The first-order valence-corrected chi connectivity index (χ1v) is 8.12. The Labute approximate surface area is 118 Å². The number of thioether (sulfide) groups is 1. The molecule has 3 nitrogen and oxygen atoms in total. The van der Waals surface area contributed by atoms with E-state index in [1.165, 1.54) is 19.1 Å². The molecule has 9 heteroatoms. The van der Waals surface area contributed by atoms with Crippen LogP contribution in [0.3, 0.4) is 0 Å². The van der Waals surface area contributed by atoms with Gasteiger partial charge in [-0.25, -0.2) is 4.39 Å². The average Bonchev–Trinajstić information content (AvgIpc) is 2.25. The summed E-state index contributed by atoms with van der Waals surface area (Å²) in [5, 5.41) is 0. The molecule has 0 saturated heterocycles. The van der Waals surface area contributed by atoms with E-state index in [1.54, 1.807) is 0 Å². The first-order chi connectivity index (χ1) is 8.99. The van der Waals surface area contributed by atoms with Crippen molar-refractivity contribution in [2.75, 3.05) is 12.0 Å². The van der Waals surface area contributed by atoms with Crippen molar-refractivity contribution in [3.05, 3.63) is 29.1 Å². The summed E-state index contributed by atoms with van der Waals surface area (Å²) >= 11 is 0.323. The summed E-state index contributed by atoms with van der Waals surface area (Å²) in [7, 11) is -3.75. The fraction of sp³-hybridized carbons (Fsp3) is 0.455. The van der Waals surface area contributed by atoms with E-state index in [0.717, 1.165) is 6.26 Å². The maximum absolute atomic E-state index is 14.0. The second-order valence-corrected chi connectivity index (χ2v) is 6.68. The average molecular weight is 332 g/mol. The molecule has 0 bridgehead atoms. The topological polar surface area (TPSA) is 43.4 Å². The highest BCUT2D eigenvalue weighted by molar-refractivity contribution is 7.99. The predicted octanol–water partition coefficient (Wildman–Crippen LogP) is 3.26. The van der Waals surface area contributed by atoms with E-state index in [2.05, 4.69) is 4.18 Å². The van der Waals surface area contributed by atoms with Crippen LogP contribution in [0.15, 0.2) is 17.0 Å². The summed E-state index contributed by atoms with van der Waals surface area (Å²) in [5.74, 6) is -2.11. The lowest BCUT2D eigenvalue weighted by molar-refractivity contribution is -0.105. The number of rotatable bonds is 5. The monoisotopic (exact) mass is 332 g/mol. The second kappa shape index (κ2) is 6.31. The van der Waals surface area contributed by atoms with Crippen molar-refractivity contribution in [3.8, 4) is 0 Å². The van der Waals surface area contributed by atoms with E-state index in [1.807, 2.05) is 0 Å². The Bertz CT molecular complexity index is 582. The van der Waals surface area contributed by atoms with E-state index >= 15 is 0 Å². The molecule has 0 saturated carbocycles. The van der Waals surface area contributed by atoms with Gasteiger partial charge in [0.1, 0.15) is 5.82 Å². The van der Waals surface area contributed by atoms with Gasteiger partial charge in [-0.3, -0.25) is 4.18 Å². The summed E-state index contributed by atoms with van der Waals surface area (Å²) in [6.07, 6.45) is -3.61. The smallest absolute Gasteiger partial charge is 0.265 e. The Morgan fingerprint density at radius 3 is 2.40 bits per heavy atom. The van der Waals surface area contributed by atoms with Crippen LogP contribution in [-0.4, -0.2) is 26.6 Å². The molecule has 0 radical (unpaired) electrons. The van der Waals surface area contributed by atoms with Gasteiger partial charge < -0.3 is 0 Å². The van der Waals surface area contributed by atoms with Gasteiger partial charge in [0, 0.05) is 10.5 Å². The lowest BCUT2D eigenvalue weighted by atomic mass is 10.1. The molecule has 0 amide bonds. The number of halogens is 4. The van der Waals surface area contributed by atoms with Crippen LogP contribution in [0.1, 0.15) is 11.1 Å². The third-order valence-electron chi connectivity index (χ3n) is 2.18. The predicted molar refractivity (Wildman–Crippen MR) is 67.5 cm³/mol. The van der Waals surface area contributed by atoms with Gasteiger partial charge in [0.15, 0.2) is 0 Å². The van der Waals surface area contributed by atoms with Crippen LogP contribution in [0.25, 0.3) is 0 Å². The lowest BCUT2D eigenvalue weighted by Gasteiger charge is -2.12. The first kappa shape index (κ1) is 17.3. The normalized spacial score (nSPS) is 12.7. The summed E-state index contributed by atoms with van der Waals surface area (Å²) in [6.45, 7) is 0.924. The minimum Gasteiger partial charge on any atom is -0.265 e. The third kappa shape index (κ3) is 5.68. The minimum atomic E-state index is -4.41. The Balaban J connectivity index is 2.95. The van der Waals surface area contributed by atoms with Crippen molar-refractivity contribution < 1.29 is 30.2 Å². The molecule has 0 fully saturated rings. The zero-order valence-corrected chi connectivity index (χ0v) is 12.3. The SMILES string of the molecule is Cc1ccc(COS(C)(=O)=O)c(F)c1SCC(F)(F)F. The molecule has 0 atom stereocenters. The van der Waals surface area contributed by atoms with Crippen molar-refractivity contribution >= 4 is 21.9 Å². The van der Waals surface area contributed by atoms with Crippen molar-refractivity contribution in [1.29, 1.82) is 0 Å². The van der Waals surface area contributed by atoms with Crippen molar-refractivity contribution in [2.45, 2.75) is 24.6 Å². The van der Waals surface area contributed by atoms with Crippen LogP contribution in [0, 0.1) is 12.7 Å². The number of benzene rings is 1. The second-order valence-electron chi connectivity index (χ2n) is 4.05. The van der Waals surface area contributed by atoms with Crippen LogP contribution in [0.2, 0.25) is 0 Å². The molecule has 1 aromatic carbocycles. The van der Waals surface area contributed by atoms with Gasteiger partial charge in [-0.1, -0.05) is 12.1 Å².